The second-order valence-electron chi connectivity index (χ2n) is 4.63. The van der Waals surface area contributed by atoms with Crippen molar-refractivity contribution in [3.05, 3.63) is 57.3 Å². The number of nitrogens with two attached hydrogens (primary N) is 1. The van der Waals surface area contributed by atoms with Crippen molar-refractivity contribution in [1.29, 1.82) is 0 Å². The second-order valence-corrected chi connectivity index (χ2v) is 5.48. The van der Waals surface area contributed by atoms with Crippen molar-refractivity contribution in [3.63, 3.8) is 0 Å². The minimum absolute atomic E-state index is 0.0565. The van der Waals surface area contributed by atoms with E-state index in [1.54, 1.807) is 0 Å². The molecule has 2 rings (SSSR count). The molecule has 20 heavy (non-hydrogen) atoms. The monoisotopic (exact) mass is 336 g/mol. The Kier molecular flexibility index (Phi) is 4.09. The molecule has 0 fully saturated rings. The van der Waals surface area contributed by atoms with E-state index in [0.717, 1.165) is 16.8 Å². The number of carbonyl (C=O) groups excluding carboxylic acids is 1. The summed E-state index contributed by atoms with van der Waals surface area (Å²) in [6.07, 6.45) is 0. The zero-order chi connectivity index (χ0) is 14.9. The molecule has 104 valence electrons. The first-order valence-corrected chi connectivity index (χ1v) is 6.81. The molecule has 0 aliphatic rings. The van der Waals surface area contributed by atoms with Crippen LogP contribution in [0.25, 0.3) is 0 Å². The number of anilines is 2. The predicted molar refractivity (Wildman–Crippen MR) is 82.4 cm³/mol. The van der Waals surface area contributed by atoms with Crippen LogP contribution in [0.5, 0.6) is 0 Å². The van der Waals surface area contributed by atoms with Gasteiger partial charge in [0.1, 0.15) is 5.82 Å². The second kappa shape index (κ2) is 5.63. The molecule has 2 aromatic carbocycles. The average Bonchev–Trinajstić information content (AvgIpc) is 2.37. The van der Waals surface area contributed by atoms with E-state index < -0.39 is 5.82 Å². The summed E-state index contributed by atoms with van der Waals surface area (Å²) in [5.41, 5.74) is 8.53. The zero-order valence-electron chi connectivity index (χ0n) is 11.1. The number of benzene rings is 2. The Bertz CT molecular complexity index is 686. The van der Waals surface area contributed by atoms with E-state index >= 15 is 0 Å². The average molecular weight is 337 g/mol. The van der Waals surface area contributed by atoms with Crippen molar-refractivity contribution in [2.24, 2.45) is 0 Å². The van der Waals surface area contributed by atoms with Crippen LogP contribution >= 0.6 is 15.9 Å². The summed E-state index contributed by atoms with van der Waals surface area (Å²) >= 11 is 3.17. The molecule has 3 nitrogen and oxygen atoms in total. The topological polar surface area (TPSA) is 55.1 Å². The van der Waals surface area contributed by atoms with E-state index in [1.807, 2.05) is 32.0 Å². The third kappa shape index (κ3) is 2.99. The molecule has 5 heteroatoms. The summed E-state index contributed by atoms with van der Waals surface area (Å²) in [6, 6.07) is 8.23. The van der Waals surface area contributed by atoms with Gasteiger partial charge in [0, 0.05) is 10.2 Å². The Morgan fingerprint density at radius 1 is 1.25 bits per heavy atom. The van der Waals surface area contributed by atoms with Gasteiger partial charge in [-0.1, -0.05) is 17.7 Å². The predicted octanol–water partition coefficient (Wildman–Crippen LogP) is 4.04. The van der Waals surface area contributed by atoms with Crippen molar-refractivity contribution in [3.8, 4) is 0 Å². The highest BCUT2D eigenvalue weighted by Crippen LogP contribution is 2.24. The van der Waals surface area contributed by atoms with Gasteiger partial charge in [-0.05, 0) is 53.5 Å². The number of rotatable bonds is 2. The Morgan fingerprint density at radius 3 is 2.60 bits per heavy atom. The molecule has 1 amide bonds. The molecule has 2 aromatic rings. The van der Waals surface area contributed by atoms with Gasteiger partial charge in [-0.2, -0.15) is 0 Å². The minimum atomic E-state index is -0.556. The smallest absolute Gasteiger partial charge is 0.256 e. The van der Waals surface area contributed by atoms with E-state index in [1.165, 1.54) is 12.1 Å². The summed E-state index contributed by atoms with van der Waals surface area (Å²) in [5, 5.41) is 2.79. The molecule has 0 saturated heterocycles. The Labute approximate surface area is 125 Å². The van der Waals surface area contributed by atoms with Gasteiger partial charge in [0.2, 0.25) is 0 Å². The number of carbonyl (C=O) groups is 1. The van der Waals surface area contributed by atoms with Crippen LogP contribution in [0.1, 0.15) is 21.5 Å². The number of hydrogen-bond acceptors (Lipinski definition) is 2. The van der Waals surface area contributed by atoms with E-state index in [2.05, 4.69) is 21.2 Å². The zero-order valence-corrected chi connectivity index (χ0v) is 12.7. The Hall–Kier alpha value is -1.88. The first-order chi connectivity index (χ1) is 9.38. The molecule has 0 saturated carbocycles. The maximum atomic E-state index is 13.3. The van der Waals surface area contributed by atoms with Gasteiger partial charge in [-0.25, -0.2) is 4.39 Å². The van der Waals surface area contributed by atoms with Gasteiger partial charge in [0.15, 0.2) is 0 Å². The maximum Gasteiger partial charge on any atom is 0.256 e. The molecule has 0 atom stereocenters. The summed E-state index contributed by atoms with van der Waals surface area (Å²) in [6.45, 7) is 3.90. The van der Waals surface area contributed by atoms with E-state index in [4.69, 9.17) is 5.73 Å². The fourth-order valence-corrected chi connectivity index (χ4v) is 2.38. The number of halogens is 2. The maximum absolute atomic E-state index is 13.3. The third-order valence-corrected chi connectivity index (χ3v) is 3.62. The summed E-state index contributed by atoms with van der Waals surface area (Å²) < 4.78 is 13.6. The van der Waals surface area contributed by atoms with Gasteiger partial charge in [-0.3, -0.25) is 4.79 Å². The SMILES string of the molecule is Cc1ccc(NC(=O)c2cc(N)c(F)cc2Br)c(C)c1. The Morgan fingerprint density at radius 2 is 1.95 bits per heavy atom. The van der Waals surface area contributed by atoms with Crippen molar-refractivity contribution in [2.75, 3.05) is 11.1 Å². The molecule has 3 N–H and O–H groups in total. The fourth-order valence-electron chi connectivity index (χ4n) is 1.88. The molecule has 0 spiro atoms. The van der Waals surface area contributed by atoms with Crippen LogP contribution in [-0.2, 0) is 0 Å². The first-order valence-electron chi connectivity index (χ1n) is 6.01. The van der Waals surface area contributed by atoms with Crippen LogP contribution in [-0.4, -0.2) is 5.91 Å². The number of amides is 1. The van der Waals surface area contributed by atoms with Crippen molar-refractivity contribution in [2.45, 2.75) is 13.8 Å². The van der Waals surface area contributed by atoms with E-state index in [-0.39, 0.29) is 11.6 Å². The molecule has 0 aliphatic heterocycles. The lowest BCUT2D eigenvalue weighted by Crippen LogP contribution is -2.14. The summed E-state index contributed by atoms with van der Waals surface area (Å²) in [5.74, 6) is -0.893. The van der Waals surface area contributed by atoms with Crippen LogP contribution in [0.3, 0.4) is 0 Å². The molecule has 0 heterocycles. The van der Waals surface area contributed by atoms with Crippen molar-refractivity contribution >= 4 is 33.2 Å². The molecule has 0 aliphatic carbocycles. The van der Waals surface area contributed by atoms with E-state index in [0.29, 0.717) is 10.0 Å². The van der Waals surface area contributed by atoms with Gasteiger partial charge < -0.3 is 11.1 Å². The molecule has 0 bridgehead atoms. The number of nitrogens with one attached hydrogen (secondary N) is 1. The largest absolute Gasteiger partial charge is 0.396 e. The quantitative estimate of drug-likeness (QED) is 0.813. The number of hydrogen-bond donors (Lipinski definition) is 2. The van der Waals surface area contributed by atoms with Crippen LogP contribution in [0.15, 0.2) is 34.8 Å². The van der Waals surface area contributed by atoms with Gasteiger partial charge in [-0.15, -0.1) is 0 Å². The highest BCUT2D eigenvalue weighted by atomic mass is 79.9. The van der Waals surface area contributed by atoms with Crippen molar-refractivity contribution in [1.82, 2.24) is 0 Å². The van der Waals surface area contributed by atoms with Crippen molar-refractivity contribution < 1.29 is 9.18 Å². The number of nitrogen functional groups attached to an aromatic ring is 1. The molecule has 0 radical (unpaired) electrons. The normalized spacial score (nSPS) is 10.4. The molecular formula is C15H14BrFN2O. The van der Waals surface area contributed by atoms with Crippen LogP contribution in [0.2, 0.25) is 0 Å². The lowest BCUT2D eigenvalue weighted by atomic mass is 10.1. The van der Waals surface area contributed by atoms with Crippen LogP contribution < -0.4 is 11.1 Å². The van der Waals surface area contributed by atoms with Gasteiger partial charge in [0.05, 0.1) is 11.3 Å². The lowest BCUT2D eigenvalue weighted by molar-refractivity contribution is 0.102. The standard InChI is InChI=1S/C15H14BrFN2O/c1-8-3-4-14(9(2)5-8)19-15(20)10-6-13(18)12(17)7-11(10)16/h3-7H,18H2,1-2H3,(H,19,20). The molecule has 0 aromatic heterocycles. The van der Waals surface area contributed by atoms with Gasteiger partial charge >= 0.3 is 0 Å². The first kappa shape index (κ1) is 14.5. The van der Waals surface area contributed by atoms with Crippen LogP contribution in [0.4, 0.5) is 15.8 Å². The van der Waals surface area contributed by atoms with Gasteiger partial charge in [0.25, 0.3) is 5.91 Å². The lowest BCUT2D eigenvalue weighted by Gasteiger charge is -2.11. The molecular weight excluding hydrogens is 323 g/mol. The number of aryl methyl sites for hydroxylation is 2. The third-order valence-electron chi connectivity index (χ3n) is 2.96. The highest BCUT2D eigenvalue weighted by Gasteiger charge is 2.14. The summed E-state index contributed by atoms with van der Waals surface area (Å²) in [4.78, 5) is 12.2. The summed E-state index contributed by atoms with van der Waals surface area (Å²) in [7, 11) is 0. The molecule has 0 unspecified atom stereocenters. The fraction of sp³-hybridized carbons (Fsp3) is 0.133. The Balaban J connectivity index is 2.31. The highest BCUT2D eigenvalue weighted by molar-refractivity contribution is 9.10. The van der Waals surface area contributed by atoms with Crippen LogP contribution in [0, 0.1) is 19.7 Å². The minimum Gasteiger partial charge on any atom is -0.396 e. The van der Waals surface area contributed by atoms with E-state index in [9.17, 15) is 9.18 Å².